The number of anilines is 2. The molecule has 1 aliphatic rings. The largest absolute Gasteiger partial charge is 0.341 e. The summed E-state index contributed by atoms with van der Waals surface area (Å²) in [7, 11) is 0. The van der Waals surface area contributed by atoms with Crippen LogP contribution in [0.3, 0.4) is 0 Å². The van der Waals surface area contributed by atoms with Gasteiger partial charge in [-0.25, -0.2) is 9.97 Å². The van der Waals surface area contributed by atoms with Crippen LogP contribution in [0.2, 0.25) is 0 Å². The first-order chi connectivity index (χ1) is 11.7. The number of aromatic nitrogens is 2. The minimum absolute atomic E-state index is 0.0673. The molecule has 2 aromatic rings. The fourth-order valence-electron chi connectivity index (χ4n) is 3.17. The van der Waals surface area contributed by atoms with Crippen LogP contribution in [0.5, 0.6) is 0 Å². The Morgan fingerprint density at radius 3 is 2.58 bits per heavy atom. The summed E-state index contributed by atoms with van der Waals surface area (Å²) in [6.45, 7) is 6.80. The highest BCUT2D eigenvalue weighted by molar-refractivity contribution is 6.05. The number of carbonyl (C=O) groups excluding carboxylic acids is 1. The van der Waals surface area contributed by atoms with E-state index in [4.69, 9.17) is 0 Å². The second-order valence-corrected chi connectivity index (χ2v) is 6.35. The van der Waals surface area contributed by atoms with Crippen molar-refractivity contribution in [3.63, 3.8) is 0 Å². The van der Waals surface area contributed by atoms with Crippen LogP contribution in [0, 0.1) is 5.92 Å². The second kappa shape index (κ2) is 7.43. The van der Waals surface area contributed by atoms with Gasteiger partial charge in [-0.3, -0.25) is 4.79 Å². The lowest BCUT2D eigenvalue weighted by molar-refractivity contribution is 0.0987. The molecule has 0 saturated carbocycles. The van der Waals surface area contributed by atoms with E-state index in [-0.39, 0.29) is 5.91 Å². The van der Waals surface area contributed by atoms with Crippen LogP contribution in [0.15, 0.2) is 42.7 Å². The lowest BCUT2D eigenvalue weighted by Crippen LogP contribution is -2.35. The predicted octanol–water partition coefficient (Wildman–Crippen LogP) is 3.38. The van der Waals surface area contributed by atoms with Crippen molar-refractivity contribution >= 4 is 17.5 Å². The molecular weight excluding hydrogens is 300 g/mol. The Hall–Kier alpha value is -2.43. The first kappa shape index (κ1) is 16.4. The molecule has 1 atom stereocenters. The molecule has 2 heterocycles. The summed E-state index contributed by atoms with van der Waals surface area (Å²) in [6, 6.07) is 9.68. The third-order valence-corrected chi connectivity index (χ3v) is 4.45. The number of piperidine rings is 1. The van der Waals surface area contributed by atoms with Gasteiger partial charge in [-0.2, -0.15) is 0 Å². The Labute approximate surface area is 143 Å². The van der Waals surface area contributed by atoms with Gasteiger partial charge < -0.3 is 9.80 Å². The van der Waals surface area contributed by atoms with E-state index in [2.05, 4.69) is 21.8 Å². The number of nitrogens with zero attached hydrogens (tertiary/aromatic N) is 4. The molecular formula is C19H24N4O. The highest BCUT2D eigenvalue weighted by Crippen LogP contribution is 2.20. The average molecular weight is 324 g/mol. The van der Waals surface area contributed by atoms with Crippen molar-refractivity contribution in [2.24, 2.45) is 5.92 Å². The van der Waals surface area contributed by atoms with Gasteiger partial charge in [0.1, 0.15) is 0 Å². The molecule has 1 unspecified atom stereocenters. The van der Waals surface area contributed by atoms with Crippen molar-refractivity contribution in [3.05, 3.63) is 48.3 Å². The molecule has 1 aromatic carbocycles. The molecule has 1 aromatic heterocycles. The number of amides is 1. The number of hydrogen-bond donors (Lipinski definition) is 0. The van der Waals surface area contributed by atoms with E-state index in [9.17, 15) is 4.79 Å². The summed E-state index contributed by atoms with van der Waals surface area (Å²) in [5.74, 6) is 1.32. The molecule has 0 bridgehead atoms. The molecule has 0 spiro atoms. The van der Waals surface area contributed by atoms with Crippen molar-refractivity contribution in [2.45, 2.75) is 26.7 Å². The number of rotatable bonds is 4. The third kappa shape index (κ3) is 3.55. The van der Waals surface area contributed by atoms with Crippen molar-refractivity contribution in [2.75, 3.05) is 29.4 Å². The van der Waals surface area contributed by atoms with Crippen LogP contribution in [0.1, 0.15) is 37.0 Å². The lowest BCUT2D eigenvalue weighted by atomic mass is 10.0. The fourth-order valence-corrected chi connectivity index (χ4v) is 3.17. The highest BCUT2D eigenvalue weighted by atomic mass is 16.2. The molecule has 0 radical (unpaired) electrons. The molecule has 5 heteroatoms. The maximum absolute atomic E-state index is 12.7. The van der Waals surface area contributed by atoms with E-state index in [1.165, 1.54) is 12.8 Å². The Morgan fingerprint density at radius 1 is 1.25 bits per heavy atom. The van der Waals surface area contributed by atoms with Gasteiger partial charge in [0.25, 0.3) is 5.91 Å². The van der Waals surface area contributed by atoms with Crippen molar-refractivity contribution in [1.82, 2.24) is 9.97 Å². The van der Waals surface area contributed by atoms with E-state index in [0.717, 1.165) is 24.7 Å². The predicted molar refractivity (Wildman–Crippen MR) is 96.4 cm³/mol. The Morgan fingerprint density at radius 2 is 1.96 bits per heavy atom. The molecule has 5 nitrogen and oxygen atoms in total. The quantitative estimate of drug-likeness (QED) is 0.865. The zero-order valence-electron chi connectivity index (χ0n) is 14.4. The zero-order chi connectivity index (χ0) is 16.9. The number of para-hydroxylation sites is 1. The van der Waals surface area contributed by atoms with Crippen LogP contribution in [-0.4, -0.2) is 35.5 Å². The Kier molecular flexibility index (Phi) is 5.08. The fraction of sp³-hybridized carbons (Fsp3) is 0.421. The van der Waals surface area contributed by atoms with Gasteiger partial charge >= 0.3 is 0 Å². The Bertz CT molecular complexity index is 672. The SMILES string of the molecule is CCN(C(=O)c1cnc(N2CCCC(C)C2)nc1)c1ccccc1. The van der Waals surface area contributed by atoms with Gasteiger partial charge in [0.05, 0.1) is 5.56 Å². The van der Waals surface area contributed by atoms with E-state index in [1.54, 1.807) is 17.3 Å². The van der Waals surface area contributed by atoms with Crippen molar-refractivity contribution in [3.8, 4) is 0 Å². The van der Waals surface area contributed by atoms with E-state index in [0.29, 0.717) is 18.0 Å². The normalized spacial score (nSPS) is 17.6. The molecule has 0 N–H and O–H groups in total. The standard InChI is InChI=1S/C19H24N4O/c1-3-23(17-9-5-4-6-10-17)18(24)16-12-20-19(21-13-16)22-11-7-8-15(2)14-22/h4-6,9-10,12-13,15H,3,7-8,11,14H2,1-2H3. The first-order valence-electron chi connectivity index (χ1n) is 8.63. The average Bonchev–Trinajstić information content (AvgIpc) is 2.63. The molecule has 24 heavy (non-hydrogen) atoms. The summed E-state index contributed by atoms with van der Waals surface area (Å²) < 4.78 is 0. The van der Waals surface area contributed by atoms with Crippen molar-refractivity contribution in [1.29, 1.82) is 0 Å². The van der Waals surface area contributed by atoms with Gasteiger partial charge in [0.2, 0.25) is 5.95 Å². The highest BCUT2D eigenvalue weighted by Gasteiger charge is 2.20. The summed E-state index contributed by atoms with van der Waals surface area (Å²) in [4.78, 5) is 25.6. The molecule has 126 valence electrons. The van der Waals surface area contributed by atoms with E-state index >= 15 is 0 Å². The zero-order valence-corrected chi connectivity index (χ0v) is 14.4. The second-order valence-electron chi connectivity index (χ2n) is 6.35. The maximum Gasteiger partial charge on any atom is 0.261 e. The third-order valence-electron chi connectivity index (χ3n) is 4.45. The molecule has 3 rings (SSSR count). The van der Waals surface area contributed by atoms with Crippen LogP contribution < -0.4 is 9.80 Å². The summed E-state index contributed by atoms with van der Waals surface area (Å²) >= 11 is 0. The summed E-state index contributed by atoms with van der Waals surface area (Å²) in [5, 5.41) is 0. The monoisotopic (exact) mass is 324 g/mol. The van der Waals surface area contributed by atoms with Crippen LogP contribution in [0.4, 0.5) is 11.6 Å². The van der Waals surface area contributed by atoms with Gasteiger partial charge in [0.15, 0.2) is 0 Å². The molecule has 0 aliphatic carbocycles. The Balaban J connectivity index is 1.76. The topological polar surface area (TPSA) is 49.3 Å². The minimum Gasteiger partial charge on any atom is -0.341 e. The van der Waals surface area contributed by atoms with Crippen LogP contribution in [-0.2, 0) is 0 Å². The van der Waals surface area contributed by atoms with Crippen LogP contribution in [0.25, 0.3) is 0 Å². The number of hydrogen-bond acceptors (Lipinski definition) is 4. The molecule has 1 fully saturated rings. The first-order valence-corrected chi connectivity index (χ1v) is 8.63. The van der Waals surface area contributed by atoms with Gasteiger partial charge in [-0.15, -0.1) is 0 Å². The van der Waals surface area contributed by atoms with Gasteiger partial charge in [-0.05, 0) is 37.8 Å². The van der Waals surface area contributed by atoms with Gasteiger partial charge in [-0.1, -0.05) is 25.1 Å². The summed E-state index contributed by atoms with van der Waals surface area (Å²) in [6.07, 6.45) is 5.73. The van der Waals surface area contributed by atoms with E-state index in [1.807, 2.05) is 37.3 Å². The van der Waals surface area contributed by atoms with E-state index < -0.39 is 0 Å². The summed E-state index contributed by atoms with van der Waals surface area (Å²) in [5.41, 5.74) is 1.41. The number of benzene rings is 1. The molecule has 1 amide bonds. The molecule has 1 aliphatic heterocycles. The molecule has 1 saturated heterocycles. The van der Waals surface area contributed by atoms with Gasteiger partial charge in [0, 0.05) is 37.7 Å². The minimum atomic E-state index is -0.0673. The number of carbonyl (C=O) groups is 1. The maximum atomic E-state index is 12.7. The smallest absolute Gasteiger partial charge is 0.261 e. The van der Waals surface area contributed by atoms with Crippen molar-refractivity contribution < 1.29 is 4.79 Å². The van der Waals surface area contributed by atoms with Crippen LogP contribution >= 0.6 is 0 Å². The lowest BCUT2D eigenvalue weighted by Gasteiger charge is -2.30.